The van der Waals surface area contributed by atoms with Crippen LogP contribution < -0.4 is 4.90 Å². The van der Waals surface area contributed by atoms with Crippen LogP contribution in [-0.2, 0) is 11.3 Å². The van der Waals surface area contributed by atoms with Gasteiger partial charge < -0.3 is 9.80 Å². The zero-order valence-corrected chi connectivity index (χ0v) is 13.5. The summed E-state index contributed by atoms with van der Waals surface area (Å²) in [6.07, 6.45) is 4.49. The minimum atomic E-state index is 0.155. The Morgan fingerprint density at radius 3 is 2.43 bits per heavy atom. The van der Waals surface area contributed by atoms with Crippen LogP contribution in [0.25, 0.3) is 0 Å². The van der Waals surface area contributed by atoms with E-state index in [-0.39, 0.29) is 18.0 Å². The third kappa shape index (κ3) is 2.54. The first-order valence-corrected chi connectivity index (χ1v) is 8.11. The summed E-state index contributed by atoms with van der Waals surface area (Å²) in [5.41, 5.74) is 2.46. The van der Waals surface area contributed by atoms with E-state index in [2.05, 4.69) is 38.8 Å². The number of rotatable bonds is 4. The molecule has 0 aromatic carbocycles. The molecule has 0 saturated carbocycles. The molecule has 2 bridgehead atoms. The molecule has 0 aliphatic carbocycles. The summed E-state index contributed by atoms with van der Waals surface area (Å²) in [6.45, 7) is 10.9. The van der Waals surface area contributed by atoms with Crippen molar-refractivity contribution >= 4 is 11.6 Å². The van der Waals surface area contributed by atoms with E-state index in [1.54, 1.807) is 0 Å². The number of hydrogen-bond donors (Lipinski definition) is 0. The Morgan fingerprint density at radius 1 is 1.29 bits per heavy atom. The van der Waals surface area contributed by atoms with E-state index in [1.807, 2.05) is 9.58 Å². The number of carbonyl (C=O) groups is 1. The fourth-order valence-corrected chi connectivity index (χ4v) is 3.83. The van der Waals surface area contributed by atoms with Crippen LogP contribution in [0, 0.1) is 0 Å². The minimum absolute atomic E-state index is 0.155. The summed E-state index contributed by atoms with van der Waals surface area (Å²) in [5, 5.41) is 4.70. The number of hydrogen-bond acceptors (Lipinski definition) is 3. The van der Waals surface area contributed by atoms with Crippen molar-refractivity contribution in [1.82, 2.24) is 14.7 Å². The number of amides is 1. The monoisotopic (exact) mass is 290 g/mol. The van der Waals surface area contributed by atoms with Gasteiger partial charge in [-0.2, -0.15) is 5.10 Å². The predicted octanol–water partition coefficient (Wildman–Crippen LogP) is 2.23. The average molecular weight is 290 g/mol. The summed E-state index contributed by atoms with van der Waals surface area (Å²) >= 11 is 0. The van der Waals surface area contributed by atoms with E-state index in [9.17, 15) is 4.79 Å². The Bertz CT molecular complexity index is 489. The fraction of sp³-hybridized carbons (Fsp3) is 0.750. The van der Waals surface area contributed by atoms with E-state index in [0.717, 1.165) is 13.1 Å². The van der Waals surface area contributed by atoms with Gasteiger partial charge in [0.2, 0.25) is 5.91 Å². The number of fused-ring (bicyclic) bond motifs is 2. The third-order valence-corrected chi connectivity index (χ3v) is 4.69. The third-order valence-electron chi connectivity index (χ3n) is 4.69. The van der Waals surface area contributed by atoms with Gasteiger partial charge in [-0.15, -0.1) is 0 Å². The highest BCUT2D eigenvalue weighted by atomic mass is 16.2. The largest absolute Gasteiger partial charge is 0.369 e. The van der Waals surface area contributed by atoms with Gasteiger partial charge in [-0.05, 0) is 40.5 Å². The molecule has 21 heavy (non-hydrogen) atoms. The molecule has 0 radical (unpaired) electrons. The Balaban J connectivity index is 1.77. The summed E-state index contributed by atoms with van der Waals surface area (Å²) < 4.78 is 1.85. The molecule has 1 aromatic rings. The topological polar surface area (TPSA) is 41.4 Å². The van der Waals surface area contributed by atoms with Gasteiger partial charge in [-0.25, -0.2) is 0 Å². The molecule has 0 N–H and O–H groups in total. The lowest BCUT2D eigenvalue weighted by Gasteiger charge is -2.38. The normalized spacial score (nSPS) is 17.7. The van der Waals surface area contributed by atoms with Gasteiger partial charge in [0.1, 0.15) is 6.54 Å². The molecule has 116 valence electrons. The first kappa shape index (κ1) is 14.4. The first-order valence-electron chi connectivity index (χ1n) is 8.11. The molecule has 0 spiro atoms. The zero-order chi connectivity index (χ0) is 15.1. The van der Waals surface area contributed by atoms with E-state index < -0.39 is 0 Å². The lowest BCUT2D eigenvalue weighted by Crippen LogP contribution is -2.43. The number of nitrogens with zero attached hydrogens (tertiary/aromatic N) is 4. The second-order valence-corrected chi connectivity index (χ2v) is 6.85. The van der Waals surface area contributed by atoms with Crippen LogP contribution in [0.2, 0.25) is 0 Å². The average Bonchev–Trinajstić information content (AvgIpc) is 2.84. The number of piperidine rings is 1. The molecular formula is C16H26N4O. The molecule has 0 unspecified atom stereocenters. The fourth-order valence-electron chi connectivity index (χ4n) is 3.83. The van der Waals surface area contributed by atoms with Gasteiger partial charge in [-0.3, -0.25) is 9.48 Å². The van der Waals surface area contributed by atoms with Crippen molar-refractivity contribution in [1.29, 1.82) is 0 Å². The lowest BCUT2D eigenvalue weighted by atomic mass is 9.88. The van der Waals surface area contributed by atoms with Crippen LogP contribution in [0.1, 0.15) is 52.1 Å². The number of anilines is 1. The molecule has 1 amide bonds. The van der Waals surface area contributed by atoms with Crippen molar-refractivity contribution in [3.8, 4) is 0 Å². The highest BCUT2D eigenvalue weighted by Crippen LogP contribution is 2.40. The van der Waals surface area contributed by atoms with Crippen molar-refractivity contribution < 1.29 is 4.79 Å². The van der Waals surface area contributed by atoms with Crippen LogP contribution in [0.15, 0.2) is 6.20 Å². The number of aromatic nitrogens is 2. The molecule has 3 aliphatic rings. The SMILES string of the molecule is CC(C)N(C(=O)Cn1cc2c(n1)C1CCN2CC1)C(C)C. The van der Waals surface area contributed by atoms with E-state index in [1.165, 1.54) is 24.2 Å². The van der Waals surface area contributed by atoms with E-state index in [4.69, 9.17) is 5.10 Å². The van der Waals surface area contributed by atoms with Crippen LogP contribution in [-0.4, -0.2) is 45.8 Å². The Kier molecular flexibility index (Phi) is 3.68. The molecule has 1 fully saturated rings. The molecule has 4 heterocycles. The Hall–Kier alpha value is -1.52. The van der Waals surface area contributed by atoms with E-state index in [0.29, 0.717) is 12.5 Å². The van der Waals surface area contributed by atoms with Gasteiger partial charge >= 0.3 is 0 Å². The quantitative estimate of drug-likeness (QED) is 0.854. The molecule has 5 heteroatoms. The Labute approximate surface area is 126 Å². The molecule has 3 aliphatic heterocycles. The van der Waals surface area contributed by atoms with Gasteiger partial charge in [0, 0.05) is 37.3 Å². The summed E-state index contributed by atoms with van der Waals surface area (Å²) in [4.78, 5) is 16.9. The summed E-state index contributed by atoms with van der Waals surface area (Å²) in [5.74, 6) is 0.759. The van der Waals surface area contributed by atoms with Crippen molar-refractivity contribution in [2.24, 2.45) is 0 Å². The maximum absolute atomic E-state index is 12.5. The van der Waals surface area contributed by atoms with Gasteiger partial charge in [0.25, 0.3) is 0 Å². The van der Waals surface area contributed by atoms with Crippen LogP contribution in [0.5, 0.6) is 0 Å². The zero-order valence-electron chi connectivity index (χ0n) is 13.5. The smallest absolute Gasteiger partial charge is 0.244 e. The van der Waals surface area contributed by atoms with Crippen molar-refractivity contribution in [2.75, 3.05) is 18.0 Å². The van der Waals surface area contributed by atoms with Crippen LogP contribution in [0.3, 0.4) is 0 Å². The standard InChI is InChI=1S/C16H26N4O/c1-11(2)20(12(3)4)15(21)10-19-9-14-16(17-19)13-5-7-18(14)8-6-13/h9,11-13H,5-8,10H2,1-4H3. The van der Waals surface area contributed by atoms with E-state index >= 15 is 0 Å². The molecule has 1 aromatic heterocycles. The molecule has 5 nitrogen and oxygen atoms in total. The lowest BCUT2D eigenvalue weighted by molar-refractivity contribution is -0.135. The number of carbonyl (C=O) groups excluding carboxylic acids is 1. The summed E-state index contributed by atoms with van der Waals surface area (Å²) in [7, 11) is 0. The highest BCUT2D eigenvalue weighted by Gasteiger charge is 2.34. The summed E-state index contributed by atoms with van der Waals surface area (Å²) in [6, 6.07) is 0.449. The van der Waals surface area contributed by atoms with Crippen molar-refractivity contribution in [3.05, 3.63) is 11.9 Å². The van der Waals surface area contributed by atoms with Gasteiger partial charge in [-0.1, -0.05) is 0 Å². The molecule has 1 saturated heterocycles. The molecule has 4 rings (SSSR count). The highest BCUT2D eigenvalue weighted by molar-refractivity contribution is 5.76. The van der Waals surface area contributed by atoms with Gasteiger partial charge in [0.05, 0.1) is 11.4 Å². The van der Waals surface area contributed by atoms with Crippen LogP contribution in [0.4, 0.5) is 5.69 Å². The van der Waals surface area contributed by atoms with Gasteiger partial charge in [0.15, 0.2) is 0 Å². The van der Waals surface area contributed by atoms with Crippen LogP contribution >= 0.6 is 0 Å². The second-order valence-electron chi connectivity index (χ2n) is 6.85. The second kappa shape index (κ2) is 5.35. The first-order chi connectivity index (χ1) is 9.97. The molecular weight excluding hydrogens is 264 g/mol. The maximum atomic E-state index is 12.5. The Morgan fingerprint density at radius 2 is 1.90 bits per heavy atom. The predicted molar refractivity (Wildman–Crippen MR) is 83.5 cm³/mol. The van der Waals surface area contributed by atoms with Crippen molar-refractivity contribution in [3.63, 3.8) is 0 Å². The van der Waals surface area contributed by atoms with Crippen molar-refractivity contribution in [2.45, 2.75) is 65.1 Å². The maximum Gasteiger partial charge on any atom is 0.244 e. The molecule has 0 atom stereocenters. The minimum Gasteiger partial charge on any atom is -0.369 e.